The number of ether oxygens (including phenoxy) is 2. The van der Waals surface area contributed by atoms with Crippen molar-refractivity contribution in [2.45, 2.75) is 6.92 Å². The molecule has 34 heavy (non-hydrogen) atoms. The van der Waals surface area contributed by atoms with E-state index in [-0.39, 0.29) is 5.91 Å². The topological polar surface area (TPSA) is 106 Å². The highest BCUT2D eigenvalue weighted by molar-refractivity contribution is 6.05. The first-order valence-corrected chi connectivity index (χ1v) is 10.4. The van der Waals surface area contributed by atoms with Crippen LogP contribution < -0.4 is 25.6 Å². The molecule has 0 heterocycles. The average molecular weight is 460 g/mol. The maximum atomic E-state index is 12.4. The van der Waals surface area contributed by atoms with Crippen molar-refractivity contribution in [1.29, 1.82) is 0 Å². The second kappa shape index (κ2) is 11.3. The second-order valence-electron chi connectivity index (χ2n) is 7.24. The number of hydrogen-bond acceptors (Lipinski definition) is 5. The number of aryl methyl sites for hydroxylation is 1. The molecule has 0 saturated heterocycles. The minimum Gasteiger partial charge on any atom is -0.493 e. The first-order chi connectivity index (χ1) is 16.4. The Kier molecular flexibility index (Phi) is 8.02. The maximum absolute atomic E-state index is 12.4. The fourth-order valence-electron chi connectivity index (χ4n) is 3.09. The molecule has 0 fully saturated rings. The van der Waals surface area contributed by atoms with Gasteiger partial charge in [-0.3, -0.25) is 25.2 Å². The van der Waals surface area contributed by atoms with Crippen molar-refractivity contribution in [3.63, 3.8) is 0 Å². The Hall–Kier alpha value is -4.59. The van der Waals surface area contributed by atoms with E-state index in [1.54, 1.807) is 67.8 Å². The lowest BCUT2D eigenvalue weighted by Crippen LogP contribution is -2.40. The van der Waals surface area contributed by atoms with Crippen LogP contribution >= 0.6 is 0 Å². The zero-order valence-electron chi connectivity index (χ0n) is 19.0. The molecule has 0 aliphatic rings. The summed E-state index contributed by atoms with van der Waals surface area (Å²) in [5, 5.41) is 2.80. The van der Waals surface area contributed by atoms with Crippen molar-refractivity contribution < 1.29 is 23.9 Å². The molecule has 0 atom stereocenters. The Balaban J connectivity index is 1.52. The molecule has 0 saturated carbocycles. The Bertz CT molecular complexity index is 1220. The predicted molar refractivity (Wildman–Crippen MR) is 130 cm³/mol. The van der Waals surface area contributed by atoms with Gasteiger partial charge in [0.25, 0.3) is 17.7 Å². The molecule has 3 amide bonds. The van der Waals surface area contributed by atoms with Gasteiger partial charge < -0.3 is 14.8 Å². The zero-order valence-corrected chi connectivity index (χ0v) is 19.0. The highest BCUT2D eigenvalue weighted by Crippen LogP contribution is 2.27. The third-order valence-electron chi connectivity index (χ3n) is 4.93. The zero-order chi connectivity index (χ0) is 24.5. The standard InChI is InChI=1S/C26H25N3O5/c1-17-6-4-5-7-21(17)26(32)27-20-12-10-19(11-13-20)25(31)29-28-24(30)15-9-18-8-14-22(33-2)23(16-18)34-3/h4-16H,1-3H3,(H,27,32)(H,28,30)(H,29,31)/b15-9+. The van der Waals surface area contributed by atoms with Crippen molar-refractivity contribution in [3.05, 3.63) is 95.1 Å². The van der Waals surface area contributed by atoms with Gasteiger partial charge in [-0.25, -0.2) is 0 Å². The molecule has 3 aromatic carbocycles. The molecule has 0 radical (unpaired) electrons. The molecule has 0 unspecified atom stereocenters. The maximum Gasteiger partial charge on any atom is 0.269 e. The van der Waals surface area contributed by atoms with Crippen LogP contribution in [0.3, 0.4) is 0 Å². The molecular weight excluding hydrogens is 434 g/mol. The highest BCUT2D eigenvalue weighted by Gasteiger charge is 2.10. The van der Waals surface area contributed by atoms with Gasteiger partial charge in [-0.15, -0.1) is 0 Å². The van der Waals surface area contributed by atoms with Crippen molar-refractivity contribution >= 4 is 29.5 Å². The SMILES string of the molecule is COc1ccc(/C=C/C(=O)NNC(=O)c2ccc(NC(=O)c3ccccc3C)cc2)cc1OC. The Morgan fingerprint density at radius 1 is 0.794 bits per heavy atom. The summed E-state index contributed by atoms with van der Waals surface area (Å²) >= 11 is 0. The van der Waals surface area contributed by atoms with Crippen LogP contribution in [0.1, 0.15) is 31.8 Å². The fourth-order valence-corrected chi connectivity index (χ4v) is 3.09. The van der Waals surface area contributed by atoms with Gasteiger partial charge in [0.15, 0.2) is 11.5 Å². The molecule has 174 valence electrons. The van der Waals surface area contributed by atoms with E-state index in [4.69, 9.17) is 9.47 Å². The number of methoxy groups -OCH3 is 2. The van der Waals surface area contributed by atoms with E-state index in [1.165, 1.54) is 13.2 Å². The molecule has 0 aliphatic carbocycles. The number of amides is 3. The number of carbonyl (C=O) groups excluding carboxylic acids is 3. The van der Waals surface area contributed by atoms with Crippen LogP contribution in [-0.2, 0) is 4.79 Å². The first-order valence-electron chi connectivity index (χ1n) is 10.4. The molecule has 8 nitrogen and oxygen atoms in total. The fraction of sp³-hybridized carbons (Fsp3) is 0.115. The van der Waals surface area contributed by atoms with Crippen molar-refractivity contribution in [2.75, 3.05) is 19.5 Å². The van der Waals surface area contributed by atoms with Crippen LogP contribution in [-0.4, -0.2) is 31.9 Å². The summed E-state index contributed by atoms with van der Waals surface area (Å²) in [6.07, 6.45) is 2.86. The van der Waals surface area contributed by atoms with Crippen LogP contribution in [0, 0.1) is 6.92 Å². The monoisotopic (exact) mass is 459 g/mol. The third kappa shape index (κ3) is 6.23. The normalized spacial score (nSPS) is 10.4. The summed E-state index contributed by atoms with van der Waals surface area (Å²) < 4.78 is 10.4. The van der Waals surface area contributed by atoms with Gasteiger partial charge in [-0.1, -0.05) is 24.3 Å². The molecule has 0 aliphatic heterocycles. The van der Waals surface area contributed by atoms with Gasteiger partial charge in [0.05, 0.1) is 14.2 Å². The largest absolute Gasteiger partial charge is 0.493 e. The number of benzene rings is 3. The number of hydrazine groups is 1. The van der Waals surface area contributed by atoms with Crippen LogP contribution in [0.25, 0.3) is 6.08 Å². The summed E-state index contributed by atoms with van der Waals surface area (Å²) in [5.74, 6) is -0.118. The summed E-state index contributed by atoms with van der Waals surface area (Å²) in [7, 11) is 3.07. The minimum absolute atomic E-state index is 0.233. The predicted octanol–water partition coefficient (Wildman–Crippen LogP) is 3.74. The molecule has 3 aromatic rings. The van der Waals surface area contributed by atoms with Crippen LogP contribution in [0.15, 0.2) is 72.8 Å². The van der Waals surface area contributed by atoms with Crippen molar-refractivity contribution in [2.24, 2.45) is 0 Å². The Labute approximate surface area is 197 Å². The van der Waals surface area contributed by atoms with E-state index in [1.807, 2.05) is 19.1 Å². The van der Waals surface area contributed by atoms with E-state index in [9.17, 15) is 14.4 Å². The van der Waals surface area contributed by atoms with Gasteiger partial charge in [0.2, 0.25) is 0 Å². The first kappa shape index (κ1) is 24.1. The molecule has 3 N–H and O–H groups in total. The smallest absolute Gasteiger partial charge is 0.269 e. The average Bonchev–Trinajstić information content (AvgIpc) is 2.86. The molecule has 0 spiro atoms. The van der Waals surface area contributed by atoms with Crippen LogP contribution in [0.5, 0.6) is 11.5 Å². The molecule has 8 heteroatoms. The minimum atomic E-state index is -0.509. The van der Waals surface area contributed by atoms with Crippen LogP contribution in [0.4, 0.5) is 5.69 Å². The number of rotatable bonds is 7. The molecule has 0 bridgehead atoms. The third-order valence-corrected chi connectivity index (χ3v) is 4.93. The van der Waals surface area contributed by atoms with E-state index < -0.39 is 11.8 Å². The number of carbonyl (C=O) groups is 3. The van der Waals surface area contributed by atoms with E-state index in [0.717, 1.165) is 11.1 Å². The summed E-state index contributed by atoms with van der Waals surface area (Å²) in [6.45, 7) is 1.86. The van der Waals surface area contributed by atoms with Crippen LogP contribution in [0.2, 0.25) is 0 Å². The molecule has 3 rings (SSSR count). The summed E-state index contributed by atoms with van der Waals surface area (Å²) in [4.78, 5) is 36.8. The Morgan fingerprint density at radius 3 is 2.18 bits per heavy atom. The van der Waals surface area contributed by atoms with Crippen molar-refractivity contribution in [1.82, 2.24) is 10.9 Å². The molecular formula is C26H25N3O5. The van der Waals surface area contributed by atoms with Gasteiger partial charge >= 0.3 is 0 Å². The van der Waals surface area contributed by atoms with E-state index in [0.29, 0.717) is 28.3 Å². The van der Waals surface area contributed by atoms with Gasteiger partial charge in [-0.05, 0) is 66.6 Å². The summed E-state index contributed by atoms with van der Waals surface area (Å²) in [5.41, 5.74) is 7.71. The highest BCUT2D eigenvalue weighted by atomic mass is 16.5. The number of nitrogens with one attached hydrogen (secondary N) is 3. The Morgan fingerprint density at radius 2 is 1.50 bits per heavy atom. The molecule has 0 aromatic heterocycles. The lowest BCUT2D eigenvalue weighted by Gasteiger charge is -2.09. The summed E-state index contributed by atoms with van der Waals surface area (Å²) in [6, 6.07) is 18.8. The lowest BCUT2D eigenvalue weighted by molar-refractivity contribution is -0.117. The van der Waals surface area contributed by atoms with Gasteiger partial charge in [0.1, 0.15) is 0 Å². The van der Waals surface area contributed by atoms with Gasteiger partial charge in [-0.2, -0.15) is 0 Å². The second-order valence-corrected chi connectivity index (χ2v) is 7.24. The van der Waals surface area contributed by atoms with E-state index >= 15 is 0 Å². The van der Waals surface area contributed by atoms with Crippen molar-refractivity contribution in [3.8, 4) is 11.5 Å². The quantitative estimate of drug-likeness (QED) is 0.369. The number of hydrogen-bond donors (Lipinski definition) is 3. The van der Waals surface area contributed by atoms with Gasteiger partial charge in [0, 0.05) is 22.9 Å². The number of anilines is 1. The lowest BCUT2D eigenvalue weighted by atomic mass is 10.1. The van der Waals surface area contributed by atoms with E-state index in [2.05, 4.69) is 16.2 Å².